The van der Waals surface area contributed by atoms with Crippen LogP contribution in [0, 0.1) is 11.6 Å². The molecule has 0 spiro atoms. The summed E-state index contributed by atoms with van der Waals surface area (Å²) >= 11 is 6.96. The zero-order chi connectivity index (χ0) is 14.2. The number of carboxylic acid groups (broad SMARTS) is 1. The smallest absolute Gasteiger partial charge is 0.327 e. The number of hydrogen-bond donors (Lipinski definition) is 1. The highest BCUT2D eigenvalue weighted by Gasteiger charge is 2.36. The van der Waals surface area contributed by atoms with Crippen LogP contribution in [0.3, 0.4) is 0 Å². The van der Waals surface area contributed by atoms with Crippen LogP contribution in [0.2, 0.25) is 5.02 Å². The molecule has 2 rings (SSSR count). The number of thioether (sulfide) groups is 1. The lowest BCUT2D eigenvalue weighted by atomic mass is 10.1. The summed E-state index contributed by atoms with van der Waals surface area (Å²) in [4.78, 5) is 24.2. The van der Waals surface area contributed by atoms with E-state index in [2.05, 4.69) is 0 Å². The Bertz CT molecular complexity index is 555. The monoisotopic (exact) mass is 307 g/mol. The number of benzene rings is 1. The van der Waals surface area contributed by atoms with Crippen molar-refractivity contribution in [2.45, 2.75) is 6.04 Å². The standard InChI is InChI=1S/C11H8ClF2NO3S/c12-6-2-8(14)7(13)1-5(6)10(16)15-4-19-3-9(15)11(17)18/h1-2,9H,3-4H2,(H,17,18)/t9-/m0/s1. The summed E-state index contributed by atoms with van der Waals surface area (Å²) in [6.07, 6.45) is 0. The van der Waals surface area contributed by atoms with E-state index in [1.54, 1.807) is 0 Å². The normalized spacial score (nSPS) is 18.7. The van der Waals surface area contributed by atoms with Crippen molar-refractivity contribution in [1.82, 2.24) is 4.90 Å². The molecule has 0 aromatic heterocycles. The molecule has 1 saturated heterocycles. The van der Waals surface area contributed by atoms with Crippen LogP contribution in [0.1, 0.15) is 10.4 Å². The van der Waals surface area contributed by atoms with Gasteiger partial charge in [-0.3, -0.25) is 4.79 Å². The number of carbonyl (C=O) groups excluding carboxylic acids is 1. The second-order valence-electron chi connectivity index (χ2n) is 3.88. The van der Waals surface area contributed by atoms with Gasteiger partial charge in [0.1, 0.15) is 6.04 Å². The van der Waals surface area contributed by atoms with Gasteiger partial charge in [-0.25, -0.2) is 13.6 Å². The fourth-order valence-electron chi connectivity index (χ4n) is 1.69. The maximum Gasteiger partial charge on any atom is 0.327 e. The molecule has 1 aromatic rings. The lowest BCUT2D eigenvalue weighted by Gasteiger charge is -2.21. The predicted octanol–water partition coefficient (Wildman–Crippen LogP) is 2.22. The molecule has 4 nitrogen and oxygen atoms in total. The summed E-state index contributed by atoms with van der Waals surface area (Å²) in [5, 5.41) is 8.73. The highest BCUT2D eigenvalue weighted by Crippen LogP contribution is 2.27. The molecule has 19 heavy (non-hydrogen) atoms. The van der Waals surface area contributed by atoms with E-state index in [1.807, 2.05) is 0 Å². The zero-order valence-corrected chi connectivity index (χ0v) is 11.0. The van der Waals surface area contributed by atoms with Gasteiger partial charge in [-0.1, -0.05) is 11.6 Å². The van der Waals surface area contributed by atoms with Crippen LogP contribution in [0.4, 0.5) is 8.78 Å². The largest absolute Gasteiger partial charge is 0.480 e. The number of aliphatic carboxylic acids is 1. The lowest BCUT2D eigenvalue weighted by molar-refractivity contribution is -0.140. The van der Waals surface area contributed by atoms with Crippen molar-refractivity contribution in [3.05, 3.63) is 34.4 Å². The highest BCUT2D eigenvalue weighted by molar-refractivity contribution is 7.99. The minimum absolute atomic E-state index is 0.172. The van der Waals surface area contributed by atoms with Crippen molar-refractivity contribution in [3.63, 3.8) is 0 Å². The van der Waals surface area contributed by atoms with Crippen molar-refractivity contribution >= 4 is 35.2 Å². The lowest BCUT2D eigenvalue weighted by Crippen LogP contribution is -2.41. The second-order valence-corrected chi connectivity index (χ2v) is 5.28. The van der Waals surface area contributed by atoms with Gasteiger partial charge in [-0.15, -0.1) is 11.8 Å². The Morgan fingerprint density at radius 2 is 2.00 bits per heavy atom. The number of rotatable bonds is 2. The summed E-state index contributed by atoms with van der Waals surface area (Å²) in [7, 11) is 0. The first-order valence-electron chi connectivity index (χ1n) is 5.18. The highest BCUT2D eigenvalue weighted by atomic mass is 35.5. The van der Waals surface area contributed by atoms with Crippen LogP contribution in [-0.2, 0) is 4.79 Å². The molecular formula is C11H8ClF2NO3S. The summed E-state index contributed by atoms with van der Waals surface area (Å²) in [5.74, 6) is -3.80. The van der Waals surface area contributed by atoms with Crippen molar-refractivity contribution in [2.75, 3.05) is 11.6 Å². The molecule has 102 valence electrons. The first-order valence-corrected chi connectivity index (χ1v) is 6.71. The van der Waals surface area contributed by atoms with Gasteiger partial charge in [0.15, 0.2) is 11.6 Å². The Balaban J connectivity index is 2.34. The zero-order valence-electron chi connectivity index (χ0n) is 9.40. The number of carboxylic acids is 1. The molecule has 1 atom stereocenters. The molecule has 8 heteroatoms. The molecule has 1 aromatic carbocycles. The van der Waals surface area contributed by atoms with Crippen molar-refractivity contribution in [1.29, 1.82) is 0 Å². The van der Waals surface area contributed by atoms with Gasteiger partial charge in [-0.05, 0) is 12.1 Å². The van der Waals surface area contributed by atoms with Crippen LogP contribution in [0.25, 0.3) is 0 Å². The maximum absolute atomic E-state index is 13.1. The van der Waals surface area contributed by atoms with E-state index >= 15 is 0 Å². The van der Waals surface area contributed by atoms with Crippen molar-refractivity contribution < 1.29 is 23.5 Å². The minimum atomic E-state index is -1.20. The summed E-state index contributed by atoms with van der Waals surface area (Å²) < 4.78 is 26.1. The van der Waals surface area contributed by atoms with Crippen LogP contribution >= 0.6 is 23.4 Å². The van der Waals surface area contributed by atoms with Crippen molar-refractivity contribution in [2.24, 2.45) is 0 Å². The first-order chi connectivity index (χ1) is 8.91. The van der Waals surface area contributed by atoms with Gasteiger partial charge in [0, 0.05) is 5.75 Å². The van der Waals surface area contributed by atoms with Gasteiger partial charge < -0.3 is 10.0 Å². The van der Waals surface area contributed by atoms with Gasteiger partial charge in [-0.2, -0.15) is 0 Å². The average molecular weight is 308 g/mol. The number of halogens is 3. The van der Waals surface area contributed by atoms with Crippen molar-refractivity contribution in [3.8, 4) is 0 Å². The summed E-state index contributed by atoms with van der Waals surface area (Å²) in [6, 6.07) is 0.395. The molecule has 1 heterocycles. The molecule has 1 amide bonds. The summed E-state index contributed by atoms with van der Waals surface area (Å²) in [6.45, 7) is 0. The molecule has 0 bridgehead atoms. The maximum atomic E-state index is 13.1. The molecule has 1 aliphatic rings. The number of nitrogens with zero attached hydrogens (tertiary/aromatic N) is 1. The Kier molecular flexibility index (Phi) is 3.96. The molecule has 0 saturated carbocycles. The number of amides is 1. The predicted molar refractivity (Wildman–Crippen MR) is 66.3 cm³/mol. The van der Waals surface area contributed by atoms with Crippen LogP contribution in [0.15, 0.2) is 12.1 Å². The minimum Gasteiger partial charge on any atom is -0.480 e. The average Bonchev–Trinajstić information content (AvgIpc) is 2.82. The molecular weight excluding hydrogens is 300 g/mol. The Morgan fingerprint density at radius 1 is 1.37 bits per heavy atom. The molecule has 0 aliphatic carbocycles. The molecule has 1 N–H and O–H groups in total. The van der Waals surface area contributed by atoms with E-state index in [0.717, 1.165) is 4.90 Å². The molecule has 0 unspecified atom stereocenters. The second kappa shape index (κ2) is 5.34. The van der Waals surface area contributed by atoms with Gasteiger partial charge >= 0.3 is 5.97 Å². The van der Waals surface area contributed by atoms with Crippen LogP contribution in [0.5, 0.6) is 0 Å². The van der Waals surface area contributed by atoms with E-state index in [1.165, 1.54) is 11.8 Å². The van der Waals surface area contributed by atoms with E-state index in [-0.39, 0.29) is 22.2 Å². The fourth-order valence-corrected chi connectivity index (χ4v) is 3.06. The Hall–Kier alpha value is -1.34. The first kappa shape index (κ1) is 14.1. The van der Waals surface area contributed by atoms with Crippen LogP contribution < -0.4 is 0 Å². The van der Waals surface area contributed by atoms with E-state index in [4.69, 9.17) is 16.7 Å². The van der Waals surface area contributed by atoms with E-state index < -0.39 is 29.6 Å². The quantitative estimate of drug-likeness (QED) is 0.851. The van der Waals surface area contributed by atoms with Crippen LogP contribution in [-0.4, -0.2) is 39.6 Å². The SMILES string of the molecule is O=C(O)[C@@H]1CSCN1C(=O)c1cc(F)c(F)cc1Cl. The molecule has 1 fully saturated rings. The van der Waals surface area contributed by atoms with Gasteiger partial charge in [0.25, 0.3) is 5.91 Å². The third kappa shape index (κ3) is 2.66. The third-order valence-corrected chi connectivity index (χ3v) is 3.99. The molecule has 1 aliphatic heterocycles. The number of hydrogen-bond acceptors (Lipinski definition) is 3. The Labute approximate surface area is 116 Å². The summed E-state index contributed by atoms with van der Waals surface area (Å²) in [5.41, 5.74) is -0.241. The van der Waals surface area contributed by atoms with Gasteiger partial charge in [0.2, 0.25) is 0 Å². The Morgan fingerprint density at radius 3 is 2.63 bits per heavy atom. The van der Waals surface area contributed by atoms with Gasteiger partial charge in [0.05, 0.1) is 16.5 Å². The van der Waals surface area contributed by atoms with E-state index in [9.17, 15) is 18.4 Å². The van der Waals surface area contributed by atoms with E-state index in [0.29, 0.717) is 12.1 Å². The fraction of sp³-hybridized carbons (Fsp3) is 0.273. The third-order valence-electron chi connectivity index (χ3n) is 2.67. The number of carbonyl (C=O) groups is 2. The topological polar surface area (TPSA) is 57.6 Å². The molecule has 0 radical (unpaired) electrons.